The molecule has 0 aliphatic heterocycles. The highest BCUT2D eigenvalue weighted by atomic mass is 32.2. The van der Waals surface area contributed by atoms with Gasteiger partial charge in [0.15, 0.2) is 16.1 Å². The van der Waals surface area contributed by atoms with Crippen LogP contribution in [-0.4, -0.2) is 35.9 Å². The molecule has 0 saturated heterocycles. The van der Waals surface area contributed by atoms with Crippen LogP contribution in [-0.2, 0) is 6.42 Å². The van der Waals surface area contributed by atoms with Crippen molar-refractivity contribution in [2.24, 2.45) is 0 Å². The summed E-state index contributed by atoms with van der Waals surface area (Å²) in [5.74, 6) is 1.49. The lowest BCUT2D eigenvalue weighted by atomic mass is 9.95. The Hall–Kier alpha value is -2.23. The second kappa shape index (κ2) is 9.95. The van der Waals surface area contributed by atoms with E-state index in [2.05, 4.69) is 41.8 Å². The number of rotatable bonds is 8. The summed E-state index contributed by atoms with van der Waals surface area (Å²) >= 11 is 4.85. The van der Waals surface area contributed by atoms with Gasteiger partial charge in [-0.25, -0.2) is 4.98 Å². The summed E-state index contributed by atoms with van der Waals surface area (Å²) in [5, 5.41) is 14.9. The minimum absolute atomic E-state index is 0.119. The van der Waals surface area contributed by atoms with Gasteiger partial charge in [-0.15, -0.1) is 32.9 Å². The first-order valence-corrected chi connectivity index (χ1v) is 14.1. The van der Waals surface area contributed by atoms with E-state index in [9.17, 15) is 4.79 Å². The van der Waals surface area contributed by atoms with Crippen molar-refractivity contribution in [3.63, 3.8) is 0 Å². The number of thioether (sulfide) groups is 1. The van der Waals surface area contributed by atoms with Gasteiger partial charge in [-0.1, -0.05) is 37.1 Å². The third-order valence-corrected chi connectivity index (χ3v) is 8.84. The van der Waals surface area contributed by atoms with E-state index in [1.165, 1.54) is 35.9 Å². The van der Waals surface area contributed by atoms with Crippen LogP contribution in [0.1, 0.15) is 70.6 Å². The lowest BCUT2D eigenvalue weighted by Crippen LogP contribution is -2.17. The van der Waals surface area contributed by atoms with E-state index in [1.807, 2.05) is 25.3 Å². The van der Waals surface area contributed by atoms with Gasteiger partial charge in [0.2, 0.25) is 0 Å². The van der Waals surface area contributed by atoms with E-state index in [0.717, 1.165) is 52.3 Å². The van der Waals surface area contributed by atoms with E-state index < -0.39 is 0 Å². The Labute approximate surface area is 206 Å². The molecule has 5 rings (SSSR count). The number of thiazole rings is 1. The second-order valence-electron chi connectivity index (χ2n) is 8.46. The molecule has 0 aromatic carbocycles. The zero-order valence-corrected chi connectivity index (χ0v) is 21.3. The van der Waals surface area contributed by atoms with Gasteiger partial charge in [-0.05, 0) is 44.2 Å². The van der Waals surface area contributed by atoms with Gasteiger partial charge in [0.05, 0.1) is 5.75 Å². The Balaban J connectivity index is 1.37. The van der Waals surface area contributed by atoms with Crippen molar-refractivity contribution in [2.45, 2.75) is 63.6 Å². The normalized spacial score (nSPS) is 14.7. The van der Waals surface area contributed by atoms with Gasteiger partial charge in [0.1, 0.15) is 5.82 Å². The predicted molar refractivity (Wildman–Crippen MR) is 135 cm³/mol. The average molecular weight is 498 g/mol. The van der Waals surface area contributed by atoms with Crippen molar-refractivity contribution in [3.05, 3.63) is 62.8 Å². The molecule has 0 unspecified atom stereocenters. The molecule has 0 amide bonds. The van der Waals surface area contributed by atoms with Crippen LogP contribution < -0.4 is 0 Å². The first kappa shape index (κ1) is 22.6. The van der Waals surface area contributed by atoms with Crippen LogP contribution in [0, 0.1) is 13.8 Å². The minimum atomic E-state index is 0.119. The molecule has 4 heterocycles. The average Bonchev–Trinajstić information content (AvgIpc) is 3.62. The number of ketones is 1. The van der Waals surface area contributed by atoms with Crippen LogP contribution in [0.15, 0.2) is 40.3 Å². The number of carbonyl (C=O) groups is 1. The van der Waals surface area contributed by atoms with Crippen LogP contribution in [0.4, 0.5) is 0 Å². The predicted octanol–water partition coefficient (Wildman–Crippen LogP) is 6.27. The SMILES string of the molecule is Cc1cc(C(=O)CSc2nnc(Cc3cccs3)n2C2CCCCC2)c(C)n1-c1nccs1. The molecule has 1 saturated carbocycles. The van der Waals surface area contributed by atoms with Gasteiger partial charge in [-0.3, -0.25) is 9.36 Å². The quantitative estimate of drug-likeness (QED) is 0.212. The molecule has 1 fully saturated rings. The number of aryl methyl sites for hydroxylation is 1. The molecule has 1 aliphatic rings. The Kier molecular flexibility index (Phi) is 6.80. The number of nitrogens with zero attached hydrogens (tertiary/aromatic N) is 5. The van der Waals surface area contributed by atoms with Crippen LogP contribution in [0.2, 0.25) is 0 Å². The number of aromatic nitrogens is 5. The summed E-state index contributed by atoms with van der Waals surface area (Å²) in [6.45, 7) is 4.02. The van der Waals surface area contributed by atoms with E-state index in [4.69, 9.17) is 0 Å². The van der Waals surface area contributed by atoms with E-state index >= 15 is 0 Å². The van der Waals surface area contributed by atoms with Gasteiger partial charge in [-0.2, -0.15) is 0 Å². The van der Waals surface area contributed by atoms with Gasteiger partial charge in [0.25, 0.3) is 0 Å². The largest absolute Gasteiger partial charge is 0.303 e. The van der Waals surface area contributed by atoms with E-state index in [0.29, 0.717) is 11.8 Å². The fourth-order valence-corrected chi connectivity index (χ4v) is 7.04. The third kappa shape index (κ3) is 4.72. The summed E-state index contributed by atoms with van der Waals surface area (Å²) in [6, 6.07) is 6.64. The lowest BCUT2D eigenvalue weighted by molar-refractivity contribution is 0.102. The molecular formula is C24H27N5OS3. The smallest absolute Gasteiger partial charge is 0.193 e. The van der Waals surface area contributed by atoms with Gasteiger partial charge in [0, 0.05) is 45.9 Å². The zero-order valence-electron chi connectivity index (χ0n) is 18.9. The number of carbonyl (C=O) groups excluding carboxylic acids is 1. The van der Waals surface area contributed by atoms with Crippen LogP contribution in [0.25, 0.3) is 5.13 Å². The van der Waals surface area contributed by atoms with Crippen LogP contribution >= 0.6 is 34.4 Å². The molecule has 0 atom stereocenters. The highest BCUT2D eigenvalue weighted by Gasteiger charge is 2.25. The molecule has 1 aliphatic carbocycles. The Morgan fingerprint density at radius 1 is 1.15 bits per heavy atom. The molecule has 4 aromatic rings. The van der Waals surface area contributed by atoms with Crippen molar-refractivity contribution in [3.8, 4) is 5.13 Å². The van der Waals surface area contributed by atoms with Crippen molar-refractivity contribution >= 4 is 40.2 Å². The maximum Gasteiger partial charge on any atom is 0.193 e. The number of Topliss-reactive ketones (excluding diaryl/α,β-unsaturated/α-hetero) is 1. The molecule has 4 aromatic heterocycles. The monoisotopic (exact) mass is 497 g/mol. The molecule has 0 radical (unpaired) electrons. The van der Waals surface area contributed by atoms with Gasteiger partial charge < -0.3 is 4.57 Å². The summed E-state index contributed by atoms with van der Waals surface area (Å²) in [5.41, 5.74) is 2.73. The first-order chi connectivity index (χ1) is 16.1. The number of hydrogen-bond acceptors (Lipinski definition) is 7. The van der Waals surface area contributed by atoms with Crippen LogP contribution in [0.3, 0.4) is 0 Å². The topological polar surface area (TPSA) is 65.6 Å². The minimum Gasteiger partial charge on any atom is -0.303 e. The molecule has 9 heteroatoms. The van der Waals surface area contributed by atoms with Crippen molar-refractivity contribution in [1.82, 2.24) is 24.3 Å². The fourth-order valence-electron chi connectivity index (χ4n) is 4.68. The second-order valence-corrected chi connectivity index (χ2v) is 11.3. The highest BCUT2D eigenvalue weighted by Crippen LogP contribution is 2.34. The van der Waals surface area contributed by atoms with Gasteiger partial charge >= 0.3 is 0 Å². The van der Waals surface area contributed by atoms with Crippen molar-refractivity contribution in [1.29, 1.82) is 0 Å². The Morgan fingerprint density at radius 3 is 2.73 bits per heavy atom. The van der Waals surface area contributed by atoms with Crippen molar-refractivity contribution < 1.29 is 4.79 Å². The zero-order chi connectivity index (χ0) is 22.8. The maximum absolute atomic E-state index is 13.2. The van der Waals surface area contributed by atoms with Crippen LogP contribution in [0.5, 0.6) is 0 Å². The number of thiophene rings is 1. The summed E-state index contributed by atoms with van der Waals surface area (Å²) < 4.78 is 4.39. The highest BCUT2D eigenvalue weighted by molar-refractivity contribution is 7.99. The Morgan fingerprint density at radius 2 is 2.00 bits per heavy atom. The molecule has 6 nitrogen and oxygen atoms in total. The standard InChI is InChI=1S/C24H27N5OS3/c1-16-13-20(17(2)28(16)23-25-10-12-32-23)21(30)15-33-24-27-26-22(14-19-9-6-11-31-19)29(24)18-7-4-3-5-8-18/h6,9-13,18H,3-5,7-8,14-15H2,1-2H3. The molecule has 33 heavy (non-hydrogen) atoms. The van der Waals surface area contributed by atoms with E-state index in [1.54, 1.807) is 28.9 Å². The first-order valence-electron chi connectivity index (χ1n) is 11.3. The molecule has 0 spiro atoms. The summed E-state index contributed by atoms with van der Waals surface area (Å²) in [4.78, 5) is 18.9. The fraction of sp³-hybridized carbons (Fsp3) is 0.417. The number of hydrogen-bond donors (Lipinski definition) is 0. The molecule has 0 N–H and O–H groups in total. The van der Waals surface area contributed by atoms with E-state index in [-0.39, 0.29) is 5.78 Å². The lowest BCUT2D eigenvalue weighted by Gasteiger charge is -2.25. The molecule has 172 valence electrons. The van der Waals surface area contributed by atoms with Crippen molar-refractivity contribution in [2.75, 3.05) is 5.75 Å². The summed E-state index contributed by atoms with van der Waals surface area (Å²) in [7, 11) is 0. The summed E-state index contributed by atoms with van der Waals surface area (Å²) in [6.07, 6.45) is 8.69. The molecular weight excluding hydrogens is 470 g/mol. The molecule has 0 bridgehead atoms. The Bertz CT molecular complexity index is 1220. The third-order valence-electron chi connectivity index (χ3n) is 6.26. The maximum atomic E-state index is 13.2.